The topological polar surface area (TPSA) is 102 Å². The highest BCUT2D eigenvalue weighted by molar-refractivity contribution is 9.10. The van der Waals surface area contributed by atoms with E-state index in [0.717, 1.165) is 26.9 Å². The molecule has 0 atom stereocenters. The average molecular weight is 503 g/mol. The van der Waals surface area contributed by atoms with E-state index in [1.807, 2.05) is 42.1 Å². The molecule has 0 aliphatic rings. The Bertz CT molecular complexity index is 1310. The molecule has 2 N–H and O–H groups in total. The zero-order valence-corrected chi connectivity index (χ0v) is 19.2. The summed E-state index contributed by atoms with van der Waals surface area (Å²) >= 11 is 5.11. The maximum atomic E-state index is 13.1. The third kappa shape index (κ3) is 4.40. The number of carbonyl (C=O) groups excluding carboxylic acids is 1. The van der Waals surface area contributed by atoms with Crippen molar-refractivity contribution in [2.75, 3.05) is 23.9 Å². The van der Waals surface area contributed by atoms with Crippen LogP contribution >= 0.6 is 27.7 Å². The predicted octanol–water partition coefficient (Wildman–Crippen LogP) is 4.28. The maximum Gasteiger partial charge on any atom is 0.439 e. The number of benzene rings is 2. The van der Waals surface area contributed by atoms with E-state index in [1.54, 1.807) is 30.0 Å². The first-order chi connectivity index (χ1) is 15.0. The van der Waals surface area contributed by atoms with Gasteiger partial charge in [-0.2, -0.15) is 11.8 Å². The number of aryl methyl sites for hydroxylation is 1. The number of H-pyrrole nitrogens is 1. The largest absolute Gasteiger partial charge is 0.491 e. The number of hydrogen-bond acceptors (Lipinski definition) is 6. The fourth-order valence-electron chi connectivity index (χ4n) is 3.30. The van der Waals surface area contributed by atoms with Crippen LogP contribution in [0.5, 0.6) is 5.75 Å². The Morgan fingerprint density at radius 3 is 2.90 bits per heavy atom. The van der Waals surface area contributed by atoms with Gasteiger partial charge < -0.3 is 14.6 Å². The van der Waals surface area contributed by atoms with E-state index in [4.69, 9.17) is 4.74 Å². The molecule has 4 aromatic rings. The number of nitrogens with one attached hydrogen (secondary N) is 2. The van der Waals surface area contributed by atoms with Crippen molar-refractivity contribution in [3.63, 3.8) is 0 Å². The fraction of sp³-hybridized carbons (Fsp3) is 0.190. The van der Waals surface area contributed by atoms with Crippen molar-refractivity contribution in [1.82, 2.24) is 14.7 Å². The van der Waals surface area contributed by atoms with Crippen LogP contribution in [0, 0.1) is 0 Å². The van der Waals surface area contributed by atoms with Crippen molar-refractivity contribution in [2.45, 2.75) is 0 Å². The van der Waals surface area contributed by atoms with Crippen molar-refractivity contribution in [3.05, 3.63) is 63.2 Å². The summed E-state index contributed by atoms with van der Waals surface area (Å²) in [6.07, 6.45) is 2.03. The number of thioether (sulfide) groups is 1. The first kappa shape index (κ1) is 21.3. The molecule has 2 aromatic heterocycles. The van der Waals surface area contributed by atoms with E-state index in [0.29, 0.717) is 23.6 Å². The number of amides is 1. The van der Waals surface area contributed by atoms with Gasteiger partial charge in [0, 0.05) is 28.2 Å². The molecule has 160 valence electrons. The second kappa shape index (κ2) is 9.03. The molecule has 8 nitrogen and oxygen atoms in total. The van der Waals surface area contributed by atoms with Gasteiger partial charge in [-0.25, -0.2) is 4.79 Å². The standard InChI is InChI=1S/C21H19BrN4O4S/c1-26-16(10-12-4-3-5-17(18(12)26)29-8-9-31-2)20(27)23-15-7-6-13(22)11-14(15)19-24-21(28)30-25-19/h3-7,10-11H,8-9H2,1-2H3,(H,23,27)(H,24,25,28). The summed E-state index contributed by atoms with van der Waals surface area (Å²) in [6.45, 7) is 0.588. The molecule has 0 aliphatic heterocycles. The summed E-state index contributed by atoms with van der Waals surface area (Å²) in [5.41, 5.74) is 2.33. The maximum absolute atomic E-state index is 13.1. The van der Waals surface area contributed by atoms with Crippen molar-refractivity contribution in [3.8, 4) is 17.1 Å². The molecule has 0 unspecified atom stereocenters. The Morgan fingerprint density at radius 1 is 1.32 bits per heavy atom. The quantitative estimate of drug-likeness (QED) is 0.365. The molecule has 0 spiro atoms. The van der Waals surface area contributed by atoms with Gasteiger partial charge in [0.25, 0.3) is 5.91 Å². The first-order valence-corrected chi connectivity index (χ1v) is 11.5. The summed E-state index contributed by atoms with van der Waals surface area (Å²) < 4.78 is 13.1. The molecule has 0 saturated heterocycles. The van der Waals surface area contributed by atoms with Crippen molar-refractivity contribution >= 4 is 50.2 Å². The van der Waals surface area contributed by atoms with Gasteiger partial charge in [0.15, 0.2) is 5.82 Å². The number of rotatable bonds is 7. The van der Waals surface area contributed by atoms with Crippen LogP contribution in [-0.2, 0) is 7.05 Å². The number of nitrogens with zero attached hydrogens (tertiary/aromatic N) is 2. The van der Waals surface area contributed by atoms with Gasteiger partial charge in [0.05, 0.1) is 17.8 Å². The number of halogens is 1. The highest BCUT2D eigenvalue weighted by Gasteiger charge is 2.19. The van der Waals surface area contributed by atoms with Gasteiger partial charge in [-0.15, -0.1) is 0 Å². The Labute approximate surface area is 190 Å². The monoisotopic (exact) mass is 502 g/mol. The van der Waals surface area contributed by atoms with Crippen molar-refractivity contribution < 1.29 is 14.1 Å². The summed E-state index contributed by atoms with van der Waals surface area (Å²) in [5, 5.41) is 7.54. The third-order valence-corrected chi connectivity index (χ3v) is 5.79. The Hall–Kier alpha value is -2.98. The molecule has 31 heavy (non-hydrogen) atoms. The molecular formula is C21H19BrN4O4S. The molecule has 0 radical (unpaired) electrons. The lowest BCUT2D eigenvalue weighted by Gasteiger charge is -2.11. The number of carbonyl (C=O) groups is 1. The number of anilines is 1. The SMILES string of the molecule is CSCCOc1cccc2cc(C(=O)Nc3ccc(Br)cc3-c3noc(=O)[nH]3)n(C)c12. The van der Waals surface area contributed by atoms with E-state index in [1.165, 1.54) is 0 Å². The smallest absolute Gasteiger partial charge is 0.439 e. The van der Waals surface area contributed by atoms with E-state index >= 15 is 0 Å². The average Bonchev–Trinajstić information content (AvgIpc) is 3.33. The van der Waals surface area contributed by atoms with E-state index < -0.39 is 5.76 Å². The lowest BCUT2D eigenvalue weighted by atomic mass is 10.1. The minimum atomic E-state index is -0.671. The normalized spacial score (nSPS) is 11.1. The van der Waals surface area contributed by atoms with Gasteiger partial charge in [-0.1, -0.05) is 33.2 Å². The summed E-state index contributed by atoms with van der Waals surface area (Å²) in [4.78, 5) is 27.0. The second-order valence-corrected chi connectivity index (χ2v) is 8.61. The minimum Gasteiger partial charge on any atom is -0.491 e. The summed E-state index contributed by atoms with van der Waals surface area (Å²) in [7, 11) is 1.83. The molecular weight excluding hydrogens is 484 g/mol. The minimum absolute atomic E-state index is 0.225. The van der Waals surface area contributed by atoms with E-state index in [2.05, 4.69) is 35.9 Å². The number of ether oxygens (including phenoxy) is 1. The molecule has 0 fully saturated rings. The van der Waals surface area contributed by atoms with Gasteiger partial charge in [-0.05, 0) is 36.6 Å². The molecule has 0 saturated carbocycles. The molecule has 10 heteroatoms. The number of hydrogen-bond donors (Lipinski definition) is 2. The van der Waals surface area contributed by atoms with Crippen LogP contribution in [0.4, 0.5) is 5.69 Å². The molecule has 4 rings (SSSR count). The van der Waals surface area contributed by atoms with Crippen LogP contribution in [0.3, 0.4) is 0 Å². The number of aromatic nitrogens is 3. The predicted molar refractivity (Wildman–Crippen MR) is 125 cm³/mol. The van der Waals surface area contributed by atoms with Crippen LogP contribution < -0.4 is 15.8 Å². The highest BCUT2D eigenvalue weighted by atomic mass is 79.9. The van der Waals surface area contributed by atoms with Crippen molar-refractivity contribution in [2.24, 2.45) is 7.05 Å². The van der Waals surface area contributed by atoms with Crippen LogP contribution in [0.15, 0.2) is 56.3 Å². The molecule has 0 aliphatic carbocycles. The Kier molecular flexibility index (Phi) is 6.19. The summed E-state index contributed by atoms with van der Waals surface area (Å²) in [6, 6.07) is 12.8. The van der Waals surface area contributed by atoms with Gasteiger partial charge in [0.2, 0.25) is 0 Å². The van der Waals surface area contributed by atoms with Crippen LogP contribution in [-0.4, -0.2) is 39.2 Å². The van der Waals surface area contributed by atoms with E-state index in [9.17, 15) is 9.59 Å². The van der Waals surface area contributed by atoms with Gasteiger partial charge in [-0.3, -0.25) is 14.3 Å². The Morgan fingerprint density at radius 2 is 2.16 bits per heavy atom. The lowest BCUT2D eigenvalue weighted by Crippen LogP contribution is -2.16. The fourth-order valence-corrected chi connectivity index (χ4v) is 3.91. The van der Waals surface area contributed by atoms with Crippen molar-refractivity contribution in [1.29, 1.82) is 0 Å². The Balaban J connectivity index is 1.68. The highest BCUT2D eigenvalue weighted by Crippen LogP contribution is 2.31. The third-order valence-electron chi connectivity index (χ3n) is 4.72. The van der Waals surface area contributed by atoms with Gasteiger partial charge in [0.1, 0.15) is 11.4 Å². The molecule has 2 aromatic carbocycles. The molecule has 1 amide bonds. The zero-order chi connectivity index (χ0) is 22.0. The van der Waals surface area contributed by atoms with Crippen LogP contribution in [0.2, 0.25) is 0 Å². The second-order valence-electron chi connectivity index (χ2n) is 6.71. The van der Waals surface area contributed by atoms with Crippen LogP contribution in [0.25, 0.3) is 22.3 Å². The molecule has 2 heterocycles. The summed E-state index contributed by atoms with van der Waals surface area (Å²) in [5.74, 6) is 0.865. The molecule has 0 bridgehead atoms. The first-order valence-electron chi connectivity index (χ1n) is 9.35. The number of para-hydroxylation sites is 1. The lowest BCUT2D eigenvalue weighted by molar-refractivity contribution is 0.102. The zero-order valence-electron chi connectivity index (χ0n) is 16.8. The van der Waals surface area contributed by atoms with E-state index in [-0.39, 0.29) is 11.7 Å². The number of fused-ring (bicyclic) bond motifs is 1. The number of aromatic amines is 1. The van der Waals surface area contributed by atoms with Crippen LogP contribution in [0.1, 0.15) is 10.5 Å². The van der Waals surface area contributed by atoms with Gasteiger partial charge >= 0.3 is 5.76 Å².